The van der Waals surface area contributed by atoms with Crippen molar-refractivity contribution in [1.29, 1.82) is 0 Å². The van der Waals surface area contributed by atoms with Gasteiger partial charge in [0, 0.05) is 23.7 Å². The molecule has 9 heteroatoms. The van der Waals surface area contributed by atoms with Crippen molar-refractivity contribution in [3.63, 3.8) is 0 Å². The lowest BCUT2D eigenvalue weighted by molar-refractivity contribution is 0.340. The second-order valence-electron chi connectivity index (χ2n) is 7.47. The maximum atomic E-state index is 5.61. The lowest BCUT2D eigenvalue weighted by Crippen LogP contribution is -2.10. The number of hydrogen-bond donors (Lipinski definition) is 0. The Labute approximate surface area is 190 Å². The largest absolute Gasteiger partial charge is 0.494 e. The zero-order valence-electron chi connectivity index (χ0n) is 18.0. The first-order chi connectivity index (χ1) is 15.7. The highest BCUT2D eigenvalue weighted by molar-refractivity contribution is 7.99. The number of nitrogens with zero attached hydrogens (tertiary/aromatic N) is 7. The minimum Gasteiger partial charge on any atom is -0.494 e. The molecule has 8 nitrogen and oxygen atoms in total. The van der Waals surface area contributed by atoms with Crippen molar-refractivity contribution < 1.29 is 4.74 Å². The molecule has 0 aliphatic heterocycles. The summed E-state index contributed by atoms with van der Waals surface area (Å²) in [7, 11) is 0. The molecule has 1 aliphatic rings. The second kappa shape index (κ2) is 9.04. The Morgan fingerprint density at radius 1 is 1.03 bits per heavy atom. The first kappa shape index (κ1) is 20.6. The predicted octanol–water partition coefficient (Wildman–Crippen LogP) is 4.25. The normalized spacial score (nSPS) is 13.1. The maximum absolute atomic E-state index is 5.61. The van der Waals surface area contributed by atoms with Gasteiger partial charge in [0.25, 0.3) is 0 Å². The molecule has 0 saturated heterocycles. The average Bonchev–Trinajstić information content (AvgIpc) is 3.24. The zero-order chi connectivity index (χ0) is 21.9. The number of aryl methyl sites for hydroxylation is 2. The Morgan fingerprint density at radius 3 is 2.66 bits per heavy atom. The summed E-state index contributed by atoms with van der Waals surface area (Å²) in [6.07, 6.45) is 9.32. The van der Waals surface area contributed by atoms with Gasteiger partial charge < -0.3 is 4.74 Å². The molecule has 32 heavy (non-hydrogen) atoms. The molecule has 1 aliphatic carbocycles. The van der Waals surface area contributed by atoms with E-state index in [1.807, 2.05) is 42.7 Å². The maximum Gasteiger partial charge on any atom is 0.202 e. The van der Waals surface area contributed by atoms with Crippen LogP contribution in [0, 0.1) is 6.92 Å². The molecule has 5 rings (SSSR count). The molecule has 3 aromatic heterocycles. The van der Waals surface area contributed by atoms with Gasteiger partial charge in [-0.2, -0.15) is 0 Å². The molecule has 0 fully saturated rings. The van der Waals surface area contributed by atoms with E-state index in [1.54, 1.807) is 18.6 Å². The molecule has 0 N–H and O–H groups in total. The molecule has 4 aromatic rings. The van der Waals surface area contributed by atoms with Crippen molar-refractivity contribution in [1.82, 2.24) is 34.7 Å². The third kappa shape index (κ3) is 4.08. The Bertz CT molecular complexity index is 1230. The molecule has 0 unspecified atom stereocenters. The van der Waals surface area contributed by atoms with Gasteiger partial charge in [-0.1, -0.05) is 0 Å². The van der Waals surface area contributed by atoms with Gasteiger partial charge in [0.05, 0.1) is 18.5 Å². The summed E-state index contributed by atoms with van der Waals surface area (Å²) in [5.74, 6) is 2.24. The van der Waals surface area contributed by atoms with Crippen molar-refractivity contribution in [2.45, 2.75) is 49.7 Å². The van der Waals surface area contributed by atoms with Crippen molar-refractivity contribution in [2.24, 2.45) is 0 Å². The molecular formula is C23H23N7OS. The van der Waals surface area contributed by atoms with Crippen molar-refractivity contribution in [3.8, 4) is 23.0 Å². The Kier molecular flexibility index (Phi) is 5.81. The van der Waals surface area contributed by atoms with E-state index in [4.69, 9.17) is 9.72 Å². The van der Waals surface area contributed by atoms with Crippen LogP contribution in [0.25, 0.3) is 17.2 Å². The van der Waals surface area contributed by atoms with Crippen LogP contribution in [0.5, 0.6) is 5.75 Å². The quantitative estimate of drug-likeness (QED) is 0.407. The van der Waals surface area contributed by atoms with Crippen LogP contribution < -0.4 is 4.74 Å². The fourth-order valence-corrected chi connectivity index (χ4v) is 4.91. The van der Waals surface area contributed by atoms with Crippen LogP contribution in [-0.2, 0) is 12.8 Å². The zero-order valence-corrected chi connectivity index (χ0v) is 18.8. The minimum atomic E-state index is 0.621. The Balaban J connectivity index is 1.61. The van der Waals surface area contributed by atoms with E-state index in [0.29, 0.717) is 18.1 Å². The van der Waals surface area contributed by atoms with Crippen LogP contribution in [0.15, 0.2) is 53.0 Å². The molecule has 0 atom stereocenters. The summed E-state index contributed by atoms with van der Waals surface area (Å²) < 4.78 is 7.61. The first-order valence-electron chi connectivity index (χ1n) is 10.7. The Hall–Kier alpha value is -3.33. The van der Waals surface area contributed by atoms with Gasteiger partial charge in [0.2, 0.25) is 5.16 Å². The van der Waals surface area contributed by atoms with Crippen molar-refractivity contribution in [2.75, 3.05) is 6.61 Å². The van der Waals surface area contributed by atoms with Crippen LogP contribution in [0.3, 0.4) is 0 Å². The number of benzene rings is 1. The van der Waals surface area contributed by atoms with Gasteiger partial charge in [-0.05, 0) is 75.6 Å². The van der Waals surface area contributed by atoms with E-state index >= 15 is 0 Å². The summed E-state index contributed by atoms with van der Waals surface area (Å²) in [5, 5.41) is 10.7. The predicted molar refractivity (Wildman–Crippen MR) is 121 cm³/mol. The van der Waals surface area contributed by atoms with Crippen LogP contribution >= 0.6 is 11.8 Å². The molecule has 1 aromatic carbocycles. The van der Waals surface area contributed by atoms with Crippen molar-refractivity contribution in [3.05, 3.63) is 59.9 Å². The first-order valence-corrected chi connectivity index (χ1v) is 11.5. The molecule has 0 bridgehead atoms. The standard InChI is InChI=1S/C23H23N7OS/c1-3-31-17-10-8-16(9-11-17)30-21(20-14-24-12-13-25-20)28-29-23(30)32-22-18-6-4-5-7-19(18)26-15(2)27-22/h8-14H,3-7H2,1-2H3. The number of rotatable bonds is 6. The topological polar surface area (TPSA) is 91.5 Å². The molecule has 3 heterocycles. The third-order valence-corrected chi connectivity index (χ3v) is 6.25. The molecular weight excluding hydrogens is 422 g/mol. The van der Waals surface area contributed by atoms with Crippen LogP contribution in [0.2, 0.25) is 0 Å². The van der Waals surface area contributed by atoms with Crippen molar-refractivity contribution >= 4 is 11.8 Å². The summed E-state index contributed by atoms with van der Waals surface area (Å²) in [5.41, 5.74) is 3.96. The van der Waals surface area contributed by atoms with Crippen LogP contribution in [0.4, 0.5) is 0 Å². The molecule has 0 amide bonds. The number of ether oxygens (including phenoxy) is 1. The summed E-state index contributed by atoms with van der Waals surface area (Å²) in [6, 6.07) is 7.90. The van der Waals surface area contributed by atoms with Gasteiger partial charge in [-0.25, -0.2) is 15.0 Å². The van der Waals surface area contributed by atoms with Gasteiger partial charge >= 0.3 is 0 Å². The average molecular weight is 446 g/mol. The smallest absolute Gasteiger partial charge is 0.202 e. The number of hydrogen-bond acceptors (Lipinski definition) is 8. The van der Waals surface area contributed by atoms with E-state index in [-0.39, 0.29) is 0 Å². The monoisotopic (exact) mass is 445 g/mol. The van der Waals surface area contributed by atoms with Crippen LogP contribution in [-0.4, -0.2) is 41.3 Å². The van der Waals surface area contributed by atoms with Gasteiger partial charge in [-0.3, -0.25) is 9.55 Å². The summed E-state index contributed by atoms with van der Waals surface area (Å²) >= 11 is 1.53. The van der Waals surface area contributed by atoms with E-state index in [0.717, 1.165) is 52.4 Å². The SMILES string of the molecule is CCOc1ccc(-n2c(Sc3nc(C)nc4c3CCCC4)nnc2-c2cnccn2)cc1. The highest BCUT2D eigenvalue weighted by Gasteiger charge is 2.22. The minimum absolute atomic E-state index is 0.621. The summed E-state index contributed by atoms with van der Waals surface area (Å²) in [6.45, 7) is 4.54. The van der Waals surface area contributed by atoms with Crippen LogP contribution in [0.1, 0.15) is 36.8 Å². The van der Waals surface area contributed by atoms with Gasteiger partial charge in [0.1, 0.15) is 22.3 Å². The fourth-order valence-electron chi connectivity index (χ4n) is 3.86. The van der Waals surface area contributed by atoms with E-state index in [2.05, 4.69) is 25.1 Å². The van der Waals surface area contributed by atoms with E-state index in [1.165, 1.54) is 23.7 Å². The van der Waals surface area contributed by atoms with Gasteiger partial charge in [-0.15, -0.1) is 10.2 Å². The third-order valence-electron chi connectivity index (χ3n) is 5.28. The van der Waals surface area contributed by atoms with E-state index in [9.17, 15) is 0 Å². The Morgan fingerprint density at radius 2 is 1.88 bits per heavy atom. The second-order valence-corrected chi connectivity index (χ2v) is 8.43. The highest BCUT2D eigenvalue weighted by Crippen LogP contribution is 2.35. The molecule has 0 radical (unpaired) electrons. The molecule has 0 spiro atoms. The number of fused-ring (bicyclic) bond motifs is 1. The van der Waals surface area contributed by atoms with Gasteiger partial charge in [0.15, 0.2) is 5.82 Å². The lowest BCUT2D eigenvalue weighted by atomic mass is 9.97. The number of aromatic nitrogens is 7. The lowest BCUT2D eigenvalue weighted by Gasteiger charge is -2.18. The molecule has 0 saturated carbocycles. The summed E-state index contributed by atoms with van der Waals surface area (Å²) in [4.78, 5) is 18.1. The van der Waals surface area contributed by atoms with E-state index < -0.39 is 0 Å². The molecule has 162 valence electrons. The highest BCUT2D eigenvalue weighted by atomic mass is 32.2. The fraction of sp³-hybridized carbons (Fsp3) is 0.304.